The van der Waals surface area contributed by atoms with Crippen LogP contribution in [0.3, 0.4) is 0 Å². The van der Waals surface area contributed by atoms with E-state index in [2.05, 4.69) is 31.9 Å². The Hall–Kier alpha value is -0.300. The molecular formula is C11H7Br2Cl2NO3. The zero-order chi connectivity index (χ0) is 14.2. The summed E-state index contributed by atoms with van der Waals surface area (Å²) >= 11 is 18.2. The van der Waals surface area contributed by atoms with Crippen LogP contribution in [0.5, 0.6) is 0 Å². The number of cyclic esters (lactones) is 1. The number of carbonyl (C=O) groups excluding carboxylic acids is 2. The zero-order valence-electron chi connectivity index (χ0n) is 9.28. The SMILES string of the molecule is O=C1OC(C(Br)CBr)C(=O)N1c1cc(Cl)cc(Cl)c1. The highest BCUT2D eigenvalue weighted by Crippen LogP contribution is 2.31. The minimum Gasteiger partial charge on any atom is -0.434 e. The minimum absolute atomic E-state index is 0.296. The number of nitrogens with zero attached hydrogens (tertiary/aromatic N) is 1. The summed E-state index contributed by atoms with van der Waals surface area (Å²) in [6.45, 7) is 0. The quantitative estimate of drug-likeness (QED) is 0.679. The van der Waals surface area contributed by atoms with Gasteiger partial charge in [-0.2, -0.15) is 0 Å². The average Bonchev–Trinajstić information content (AvgIpc) is 2.62. The lowest BCUT2D eigenvalue weighted by Crippen LogP contribution is -2.35. The van der Waals surface area contributed by atoms with Crippen molar-refractivity contribution in [2.75, 3.05) is 10.2 Å². The van der Waals surface area contributed by atoms with Crippen molar-refractivity contribution >= 4 is 72.7 Å². The maximum atomic E-state index is 12.2. The highest BCUT2D eigenvalue weighted by atomic mass is 79.9. The third-order valence-corrected chi connectivity index (χ3v) is 5.26. The fourth-order valence-electron chi connectivity index (χ4n) is 1.64. The molecule has 1 aromatic rings. The summed E-state index contributed by atoms with van der Waals surface area (Å²) in [6, 6.07) is 4.47. The van der Waals surface area contributed by atoms with E-state index >= 15 is 0 Å². The molecule has 0 radical (unpaired) electrons. The Kier molecular flexibility index (Phi) is 4.76. The first kappa shape index (κ1) is 15.1. The summed E-state index contributed by atoms with van der Waals surface area (Å²) in [5.41, 5.74) is 0.296. The molecule has 102 valence electrons. The van der Waals surface area contributed by atoms with Crippen LogP contribution < -0.4 is 4.90 Å². The molecule has 8 heteroatoms. The lowest BCUT2D eigenvalue weighted by molar-refractivity contribution is -0.121. The molecule has 0 aliphatic carbocycles. The lowest BCUT2D eigenvalue weighted by atomic mass is 10.2. The van der Waals surface area contributed by atoms with Crippen molar-refractivity contribution in [3.63, 3.8) is 0 Å². The standard InChI is InChI=1S/C11H7Br2Cl2NO3/c12-4-8(13)9-10(17)16(11(18)19-9)7-2-5(14)1-6(15)3-7/h1-3,8-9H,4H2. The second kappa shape index (κ2) is 5.99. The van der Waals surface area contributed by atoms with Crippen molar-refractivity contribution in [2.24, 2.45) is 0 Å². The molecule has 19 heavy (non-hydrogen) atoms. The average molecular weight is 432 g/mol. The molecule has 0 N–H and O–H groups in total. The number of amides is 2. The van der Waals surface area contributed by atoms with Gasteiger partial charge in [0.2, 0.25) is 0 Å². The summed E-state index contributed by atoms with van der Waals surface area (Å²) in [4.78, 5) is 24.6. The van der Waals surface area contributed by atoms with Crippen LogP contribution in [0.1, 0.15) is 0 Å². The summed E-state index contributed by atoms with van der Waals surface area (Å²) in [5.74, 6) is -0.454. The van der Waals surface area contributed by atoms with Crippen LogP contribution in [0.15, 0.2) is 18.2 Å². The molecule has 2 rings (SSSR count). The van der Waals surface area contributed by atoms with Crippen LogP contribution in [0.25, 0.3) is 0 Å². The number of carbonyl (C=O) groups is 2. The van der Waals surface area contributed by atoms with E-state index in [1.165, 1.54) is 18.2 Å². The van der Waals surface area contributed by atoms with Gasteiger partial charge in [-0.05, 0) is 18.2 Å². The van der Waals surface area contributed by atoms with Gasteiger partial charge < -0.3 is 4.74 Å². The topological polar surface area (TPSA) is 46.6 Å². The van der Waals surface area contributed by atoms with E-state index in [1.54, 1.807) is 0 Å². The molecule has 2 atom stereocenters. The Balaban J connectivity index is 2.35. The molecule has 1 aliphatic heterocycles. The lowest BCUT2D eigenvalue weighted by Gasteiger charge is -2.13. The molecule has 4 nitrogen and oxygen atoms in total. The van der Waals surface area contributed by atoms with Crippen LogP contribution in [-0.2, 0) is 9.53 Å². The molecule has 0 spiro atoms. The molecule has 0 aromatic heterocycles. The maximum absolute atomic E-state index is 12.2. The summed E-state index contributed by atoms with van der Waals surface area (Å²) in [6.07, 6.45) is -1.61. The van der Waals surface area contributed by atoms with E-state index < -0.39 is 18.1 Å². The Morgan fingerprint density at radius 3 is 2.37 bits per heavy atom. The number of imide groups is 1. The second-order valence-electron chi connectivity index (χ2n) is 3.78. The Labute approximate surface area is 136 Å². The van der Waals surface area contributed by atoms with E-state index in [4.69, 9.17) is 27.9 Å². The van der Waals surface area contributed by atoms with Gasteiger partial charge in [0, 0.05) is 15.4 Å². The van der Waals surface area contributed by atoms with E-state index in [0.717, 1.165) is 4.90 Å². The van der Waals surface area contributed by atoms with Crippen LogP contribution in [0.2, 0.25) is 10.0 Å². The normalized spacial score (nSPS) is 20.6. The smallest absolute Gasteiger partial charge is 0.422 e. The van der Waals surface area contributed by atoms with Crippen LogP contribution in [0, 0.1) is 0 Å². The molecule has 1 heterocycles. The van der Waals surface area contributed by atoms with Gasteiger partial charge in [0.15, 0.2) is 6.10 Å². The first-order valence-corrected chi connectivity index (χ1v) is 7.94. The molecular weight excluding hydrogens is 425 g/mol. The number of anilines is 1. The molecule has 2 unspecified atom stereocenters. The number of rotatable bonds is 3. The largest absolute Gasteiger partial charge is 0.434 e. The molecule has 0 bridgehead atoms. The van der Waals surface area contributed by atoms with E-state index in [1.807, 2.05) is 0 Å². The van der Waals surface area contributed by atoms with Gasteiger partial charge in [-0.1, -0.05) is 55.1 Å². The van der Waals surface area contributed by atoms with Gasteiger partial charge in [0.05, 0.1) is 10.5 Å². The summed E-state index contributed by atoms with van der Waals surface area (Å²) in [5, 5.41) is 1.14. The fourth-order valence-corrected chi connectivity index (χ4v) is 2.83. The third-order valence-electron chi connectivity index (χ3n) is 2.46. The zero-order valence-corrected chi connectivity index (χ0v) is 14.0. The van der Waals surface area contributed by atoms with Crippen LogP contribution >= 0.6 is 55.1 Å². The van der Waals surface area contributed by atoms with E-state index in [-0.39, 0.29) is 4.83 Å². The van der Waals surface area contributed by atoms with Gasteiger partial charge in [0.1, 0.15) is 0 Å². The van der Waals surface area contributed by atoms with Crippen LogP contribution in [0.4, 0.5) is 10.5 Å². The van der Waals surface area contributed by atoms with Crippen molar-refractivity contribution in [1.29, 1.82) is 0 Å². The van der Waals surface area contributed by atoms with E-state index in [0.29, 0.717) is 21.1 Å². The Morgan fingerprint density at radius 2 is 1.84 bits per heavy atom. The molecule has 1 saturated heterocycles. The van der Waals surface area contributed by atoms with Gasteiger partial charge >= 0.3 is 6.09 Å². The highest BCUT2D eigenvalue weighted by Gasteiger charge is 2.44. The van der Waals surface area contributed by atoms with Crippen molar-refractivity contribution in [3.8, 4) is 0 Å². The first-order valence-electron chi connectivity index (χ1n) is 5.14. The van der Waals surface area contributed by atoms with Gasteiger partial charge in [0.25, 0.3) is 5.91 Å². The predicted molar refractivity (Wildman–Crippen MR) is 80.7 cm³/mol. The first-order chi connectivity index (χ1) is 8.93. The summed E-state index contributed by atoms with van der Waals surface area (Å²) in [7, 11) is 0. The van der Waals surface area contributed by atoms with Crippen molar-refractivity contribution in [1.82, 2.24) is 0 Å². The molecule has 1 aliphatic rings. The van der Waals surface area contributed by atoms with Crippen molar-refractivity contribution in [2.45, 2.75) is 10.9 Å². The van der Waals surface area contributed by atoms with Gasteiger partial charge in [-0.15, -0.1) is 0 Å². The second-order valence-corrected chi connectivity index (χ2v) is 6.47. The highest BCUT2D eigenvalue weighted by molar-refractivity contribution is 9.12. The third kappa shape index (κ3) is 3.07. The Morgan fingerprint density at radius 1 is 1.26 bits per heavy atom. The Bertz CT molecular complexity index is 520. The monoisotopic (exact) mass is 429 g/mol. The molecule has 1 aromatic carbocycles. The van der Waals surface area contributed by atoms with Gasteiger partial charge in [-0.3, -0.25) is 4.79 Å². The minimum atomic E-state index is -0.871. The number of halogens is 4. The van der Waals surface area contributed by atoms with E-state index in [9.17, 15) is 9.59 Å². The molecule has 2 amide bonds. The summed E-state index contributed by atoms with van der Waals surface area (Å²) < 4.78 is 5.05. The van der Waals surface area contributed by atoms with Crippen molar-refractivity contribution in [3.05, 3.63) is 28.2 Å². The molecule has 0 saturated carbocycles. The number of hydrogen-bond donors (Lipinski definition) is 0. The fraction of sp³-hybridized carbons (Fsp3) is 0.273. The van der Waals surface area contributed by atoms with Crippen molar-refractivity contribution < 1.29 is 14.3 Å². The predicted octanol–water partition coefficient (Wildman–Crippen LogP) is 4.00. The van der Waals surface area contributed by atoms with Crippen LogP contribution in [-0.4, -0.2) is 28.3 Å². The number of benzene rings is 1. The molecule has 1 fully saturated rings. The maximum Gasteiger partial charge on any atom is 0.422 e. The van der Waals surface area contributed by atoms with Gasteiger partial charge in [-0.25, -0.2) is 9.69 Å². The number of alkyl halides is 2. The number of hydrogen-bond acceptors (Lipinski definition) is 3. The number of ether oxygens (including phenoxy) is 1.